The van der Waals surface area contributed by atoms with Crippen molar-refractivity contribution in [1.82, 2.24) is 0 Å². The van der Waals surface area contributed by atoms with Crippen molar-refractivity contribution in [1.29, 1.82) is 0 Å². The third kappa shape index (κ3) is 2.14. The Labute approximate surface area is 97.8 Å². The number of aliphatic carboxylic acids is 1. The van der Waals surface area contributed by atoms with Gasteiger partial charge >= 0.3 is 5.97 Å². The van der Waals surface area contributed by atoms with Crippen molar-refractivity contribution in [2.45, 2.75) is 5.92 Å². The molecule has 1 rings (SSSR count). The Balaban J connectivity index is 3.47. The molecule has 0 amide bonds. The van der Waals surface area contributed by atoms with Crippen LogP contribution in [0, 0.1) is 11.6 Å². The summed E-state index contributed by atoms with van der Waals surface area (Å²) >= 11 is 2.72. The summed E-state index contributed by atoms with van der Waals surface area (Å²) in [5.74, 6) is -6.10. The number of phenolic OH excluding ortho intramolecular Hbond substituents is 1. The van der Waals surface area contributed by atoms with Crippen molar-refractivity contribution in [2.75, 3.05) is 6.54 Å². The number of halogens is 3. The van der Waals surface area contributed by atoms with E-state index in [-0.39, 0.29) is 4.47 Å². The molecular formula is C9H8BrF2NO3. The summed E-state index contributed by atoms with van der Waals surface area (Å²) < 4.78 is 26.4. The van der Waals surface area contributed by atoms with Crippen LogP contribution in [0.5, 0.6) is 5.75 Å². The van der Waals surface area contributed by atoms with Crippen molar-refractivity contribution in [3.8, 4) is 5.75 Å². The molecule has 0 heterocycles. The number of rotatable bonds is 3. The van der Waals surface area contributed by atoms with Gasteiger partial charge in [0.25, 0.3) is 0 Å². The van der Waals surface area contributed by atoms with Gasteiger partial charge in [0.15, 0.2) is 11.6 Å². The first kappa shape index (κ1) is 12.9. The molecule has 0 aromatic heterocycles. The Morgan fingerprint density at radius 2 is 2.12 bits per heavy atom. The lowest BCUT2D eigenvalue weighted by Gasteiger charge is -2.14. The molecule has 4 N–H and O–H groups in total. The number of benzene rings is 1. The first-order valence-corrected chi connectivity index (χ1v) is 4.98. The van der Waals surface area contributed by atoms with Crippen molar-refractivity contribution in [3.63, 3.8) is 0 Å². The Kier molecular flexibility index (Phi) is 3.82. The first-order valence-electron chi connectivity index (χ1n) is 4.19. The van der Waals surface area contributed by atoms with E-state index in [1.54, 1.807) is 0 Å². The van der Waals surface area contributed by atoms with Gasteiger partial charge in [0.1, 0.15) is 11.7 Å². The summed E-state index contributed by atoms with van der Waals surface area (Å²) in [6.07, 6.45) is 0. The Morgan fingerprint density at radius 3 is 2.56 bits per heavy atom. The van der Waals surface area contributed by atoms with Crippen LogP contribution in [-0.4, -0.2) is 22.7 Å². The van der Waals surface area contributed by atoms with Gasteiger partial charge in [0.2, 0.25) is 0 Å². The van der Waals surface area contributed by atoms with Crippen LogP contribution >= 0.6 is 15.9 Å². The predicted octanol–water partition coefficient (Wildman–Crippen LogP) is 1.56. The highest BCUT2D eigenvalue weighted by atomic mass is 79.9. The summed E-state index contributed by atoms with van der Waals surface area (Å²) in [4.78, 5) is 10.8. The molecule has 1 aromatic carbocycles. The van der Waals surface area contributed by atoms with Gasteiger partial charge in [0.05, 0.1) is 4.47 Å². The lowest BCUT2D eigenvalue weighted by Crippen LogP contribution is -2.22. The summed E-state index contributed by atoms with van der Waals surface area (Å²) in [7, 11) is 0. The van der Waals surface area contributed by atoms with Crippen molar-refractivity contribution >= 4 is 21.9 Å². The van der Waals surface area contributed by atoms with E-state index in [0.717, 1.165) is 0 Å². The minimum atomic E-state index is -1.49. The zero-order chi connectivity index (χ0) is 12.5. The van der Waals surface area contributed by atoms with Crippen LogP contribution in [0.3, 0.4) is 0 Å². The van der Waals surface area contributed by atoms with Crippen LogP contribution in [0.1, 0.15) is 11.5 Å². The Hall–Kier alpha value is -1.21. The van der Waals surface area contributed by atoms with Crippen molar-refractivity contribution < 1.29 is 23.8 Å². The van der Waals surface area contributed by atoms with E-state index in [4.69, 9.17) is 10.8 Å². The Bertz CT molecular complexity index is 413. The maximum atomic E-state index is 13.5. The van der Waals surface area contributed by atoms with Gasteiger partial charge in [-0.25, -0.2) is 8.78 Å². The third-order valence-electron chi connectivity index (χ3n) is 2.06. The molecule has 88 valence electrons. The lowest BCUT2D eigenvalue weighted by molar-refractivity contribution is -0.138. The molecule has 0 aliphatic carbocycles. The maximum Gasteiger partial charge on any atom is 0.312 e. The van der Waals surface area contributed by atoms with Crippen LogP contribution in [0.25, 0.3) is 0 Å². The largest absolute Gasteiger partial charge is 0.505 e. The van der Waals surface area contributed by atoms with Crippen molar-refractivity contribution in [3.05, 3.63) is 27.7 Å². The fourth-order valence-electron chi connectivity index (χ4n) is 1.26. The number of carboxylic acid groups (broad SMARTS) is 1. The fraction of sp³-hybridized carbons (Fsp3) is 0.222. The minimum absolute atomic E-state index is 0.266. The molecule has 0 radical (unpaired) electrons. The van der Waals surface area contributed by atoms with Crippen LogP contribution < -0.4 is 5.73 Å². The van der Waals surface area contributed by atoms with Gasteiger partial charge in [-0.2, -0.15) is 0 Å². The minimum Gasteiger partial charge on any atom is -0.505 e. The molecule has 16 heavy (non-hydrogen) atoms. The van der Waals surface area contributed by atoms with E-state index in [0.29, 0.717) is 6.07 Å². The number of aromatic hydroxyl groups is 1. The molecule has 1 atom stereocenters. The van der Waals surface area contributed by atoms with E-state index in [1.165, 1.54) is 0 Å². The standard InChI is InChI=1S/C9H8BrF2NO3/c10-4-1-5(11)8(14)6(7(4)12)3(2-13)9(15)16/h1,3,14H,2,13H2,(H,15,16). The quantitative estimate of drug-likeness (QED) is 0.739. The summed E-state index contributed by atoms with van der Waals surface area (Å²) in [5.41, 5.74) is 4.50. The predicted molar refractivity (Wildman–Crippen MR) is 55.2 cm³/mol. The highest BCUT2D eigenvalue weighted by Crippen LogP contribution is 2.35. The Morgan fingerprint density at radius 1 is 1.56 bits per heavy atom. The van der Waals surface area contributed by atoms with E-state index < -0.39 is 41.4 Å². The molecule has 0 bridgehead atoms. The van der Waals surface area contributed by atoms with Gasteiger partial charge in [-0.1, -0.05) is 0 Å². The van der Waals surface area contributed by atoms with Gasteiger partial charge in [-0.15, -0.1) is 0 Å². The number of phenols is 1. The topological polar surface area (TPSA) is 83.6 Å². The van der Waals surface area contributed by atoms with Gasteiger partial charge in [0, 0.05) is 12.1 Å². The third-order valence-corrected chi connectivity index (χ3v) is 2.64. The van der Waals surface area contributed by atoms with Crippen LogP contribution in [0.15, 0.2) is 10.5 Å². The van der Waals surface area contributed by atoms with Gasteiger partial charge in [-0.3, -0.25) is 4.79 Å². The summed E-state index contributed by atoms with van der Waals surface area (Å²) in [6, 6.07) is 0.712. The smallest absolute Gasteiger partial charge is 0.312 e. The van der Waals surface area contributed by atoms with E-state index >= 15 is 0 Å². The normalized spacial score (nSPS) is 12.5. The van der Waals surface area contributed by atoms with E-state index in [1.807, 2.05) is 0 Å². The van der Waals surface area contributed by atoms with E-state index in [2.05, 4.69) is 15.9 Å². The molecule has 1 unspecified atom stereocenters. The number of nitrogens with two attached hydrogens (primary N) is 1. The summed E-state index contributed by atoms with van der Waals surface area (Å²) in [5, 5.41) is 18.1. The second-order valence-corrected chi connectivity index (χ2v) is 3.90. The zero-order valence-electron chi connectivity index (χ0n) is 7.88. The number of carboxylic acids is 1. The lowest BCUT2D eigenvalue weighted by atomic mass is 9.97. The molecule has 1 aromatic rings. The highest BCUT2D eigenvalue weighted by Gasteiger charge is 2.28. The number of hydrogen-bond acceptors (Lipinski definition) is 3. The summed E-state index contributed by atoms with van der Waals surface area (Å²) in [6.45, 7) is -0.449. The number of carbonyl (C=O) groups is 1. The molecular weight excluding hydrogens is 288 g/mol. The molecule has 0 saturated heterocycles. The van der Waals surface area contributed by atoms with Crippen LogP contribution in [0.4, 0.5) is 8.78 Å². The second kappa shape index (κ2) is 4.75. The fourth-order valence-corrected chi connectivity index (χ4v) is 1.68. The molecule has 0 saturated carbocycles. The molecule has 0 fully saturated rings. The first-order chi connectivity index (χ1) is 7.40. The van der Waals surface area contributed by atoms with Crippen LogP contribution in [0.2, 0.25) is 0 Å². The van der Waals surface area contributed by atoms with Crippen LogP contribution in [-0.2, 0) is 4.79 Å². The van der Waals surface area contributed by atoms with Crippen molar-refractivity contribution in [2.24, 2.45) is 5.73 Å². The van der Waals surface area contributed by atoms with E-state index in [9.17, 15) is 18.7 Å². The molecule has 7 heteroatoms. The molecule has 0 aliphatic heterocycles. The zero-order valence-corrected chi connectivity index (χ0v) is 9.46. The molecule has 0 aliphatic rings. The second-order valence-electron chi connectivity index (χ2n) is 3.04. The monoisotopic (exact) mass is 295 g/mol. The SMILES string of the molecule is NCC(C(=O)O)c1c(O)c(F)cc(Br)c1F. The highest BCUT2D eigenvalue weighted by molar-refractivity contribution is 9.10. The van der Waals surface area contributed by atoms with Gasteiger partial charge in [-0.05, 0) is 22.0 Å². The molecule has 0 spiro atoms. The molecule has 4 nitrogen and oxygen atoms in total. The maximum absolute atomic E-state index is 13.5. The number of hydrogen-bond donors (Lipinski definition) is 3. The average molecular weight is 296 g/mol. The average Bonchev–Trinajstić information content (AvgIpc) is 2.21. The van der Waals surface area contributed by atoms with Gasteiger partial charge < -0.3 is 15.9 Å².